The number of rotatable bonds is 6. The Balaban J connectivity index is 1.88. The number of nitrogens with one attached hydrogen (secondary N) is 1. The molecule has 7 nitrogen and oxygen atoms in total. The van der Waals surface area contributed by atoms with Crippen molar-refractivity contribution in [1.82, 2.24) is 9.97 Å². The first-order chi connectivity index (χ1) is 13.3. The van der Waals surface area contributed by atoms with Crippen molar-refractivity contribution in [2.24, 2.45) is 0 Å². The molecule has 0 atom stereocenters. The molecule has 0 radical (unpaired) electrons. The van der Waals surface area contributed by atoms with Crippen molar-refractivity contribution in [3.8, 4) is 5.75 Å². The third-order valence-electron chi connectivity index (χ3n) is 4.23. The van der Waals surface area contributed by atoms with Crippen LogP contribution in [0.4, 0.5) is 0 Å². The number of ketones is 1. The molecular weight excluding hydrogens is 380 g/mol. The number of fused-ring (bicyclic) bond motifs is 1. The van der Waals surface area contributed by atoms with Gasteiger partial charge in [0.25, 0.3) is 5.56 Å². The molecule has 0 aliphatic carbocycles. The van der Waals surface area contributed by atoms with Crippen LogP contribution in [0.3, 0.4) is 0 Å². The number of benzene rings is 1. The van der Waals surface area contributed by atoms with Crippen LogP contribution in [-0.2, 0) is 11.3 Å². The van der Waals surface area contributed by atoms with Crippen molar-refractivity contribution in [1.29, 1.82) is 0 Å². The normalized spacial score (nSPS) is 10.9. The molecule has 0 saturated heterocycles. The zero-order chi connectivity index (χ0) is 20.4. The van der Waals surface area contributed by atoms with Crippen LogP contribution in [0.2, 0.25) is 0 Å². The second-order valence-corrected chi connectivity index (χ2v) is 7.27. The number of esters is 1. The third kappa shape index (κ3) is 3.82. The molecule has 0 bridgehead atoms. The van der Waals surface area contributed by atoms with E-state index in [1.807, 2.05) is 6.92 Å². The van der Waals surface area contributed by atoms with Gasteiger partial charge in [-0.15, -0.1) is 11.3 Å². The molecule has 0 fully saturated rings. The van der Waals surface area contributed by atoms with Crippen molar-refractivity contribution in [3.05, 3.63) is 55.9 Å². The number of carbonyl (C=O) groups is 2. The van der Waals surface area contributed by atoms with Crippen molar-refractivity contribution in [2.45, 2.75) is 34.3 Å². The fourth-order valence-corrected chi connectivity index (χ4v) is 3.98. The van der Waals surface area contributed by atoms with Gasteiger partial charge >= 0.3 is 5.97 Å². The summed E-state index contributed by atoms with van der Waals surface area (Å²) in [5, 5.41) is 0.399. The van der Waals surface area contributed by atoms with Crippen molar-refractivity contribution in [2.75, 3.05) is 6.61 Å². The highest BCUT2D eigenvalue weighted by molar-refractivity contribution is 7.20. The Morgan fingerprint density at radius 3 is 2.68 bits per heavy atom. The Labute approximate surface area is 165 Å². The molecule has 0 aliphatic rings. The number of carbonyl (C=O) groups excluding carboxylic acids is 2. The molecule has 3 rings (SSSR count). The predicted molar refractivity (Wildman–Crippen MR) is 106 cm³/mol. The summed E-state index contributed by atoms with van der Waals surface area (Å²) in [6, 6.07) is 5.03. The number of aromatic nitrogens is 2. The zero-order valence-corrected chi connectivity index (χ0v) is 16.9. The largest absolute Gasteiger partial charge is 0.493 e. The van der Waals surface area contributed by atoms with Gasteiger partial charge in [0.15, 0.2) is 5.78 Å². The number of H-pyrrole nitrogens is 1. The number of nitrogens with zero attached hydrogens (tertiary/aromatic N) is 1. The van der Waals surface area contributed by atoms with Crippen molar-refractivity contribution < 1.29 is 19.1 Å². The molecule has 0 unspecified atom stereocenters. The van der Waals surface area contributed by atoms with Gasteiger partial charge in [-0.2, -0.15) is 0 Å². The van der Waals surface area contributed by atoms with E-state index in [0.717, 1.165) is 11.3 Å². The summed E-state index contributed by atoms with van der Waals surface area (Å²) in [6.45, 7) is 7.10. The van der Waals surface area contributed by atoms with Gasteiger partial charge in [-0.3, -0.25) is 9.59 Å². The van der Waals surface area contributed by atoms with Gasteiger partial charge in [-0.1, -0.05) is 0 Å². The summed E-state index contributed by atoms with van der Waals surface area (Å²) < 4.78 is 11.0. The van der Waals surface area contributed by atoms with Crippen LogP contribution in [-0.4, -0.2) is 28.3 Å². The maximum absolute atomic E-state index is 12.6. The van der Waals surface area contributed by atoms with E-state index in [1.54, 1.807) is 32.0 Å². The quantitative estimate of drug-likeness (QED) is 0.502. The summed E-state index contributed by atoms with van der Waals surface area (Å²) >= 11 is 1.13. The molecule has 0 aliphatic heterocycles. The minimum Gasteiger partial charge on any atom is -0.493 e. The second kappa shape index (κ2) is 7.93. The van der Waals surface area contributed by atoms with Crippen LogP contribution >= 0.6 is 11.3 Å². The van der Waals surface area contributed by atoms with E-state index in [9.17, 15) is 14.4 Å². The first kappa shape index (κ1) is 19.8. The number of hydrogen-bond acceptors (Lipinski definition) is 7. The zero-order valence-electron chi connectivity index (χ0n) is 16.0. The second-order valence-electron chi connectivity index (χ2n) is 6.28. The Bertz CT molecular complexity index is 1130. The third-order valence-corrected chi connectivity index (χ3v) is 5.40. The Hall–Kier alpha value is -3.00. The standard InChI is InChI=1S/C20H20N2O5S/c1-5-26-15-7-6-13(11(3)23)8-14(15)9-27-20(25)17-10(2)16-18(24)21-12(4)22-19(16)28-17/h6-8H,5,9H2,1-4H3,(H,21,22,24). The van der Waals surface area contributed by atoms with Gasteiger partial charge in [-0.25, -0.2) is 9.78 Å². The average Bonchev–Trinajstić information content (AvgIpc) is 2.97. The summed E-state index contributed by atoms with van der Waals surface area (Å²) in [5.41, 5.74) is 1.39. The van der Waals surface area contributed by atoms with Crippen LogP contribution in [0.15, 0.2) is 23.0 Å². The number of Topliss-reactive ketones (excluding diaryl/α,β-unsaturated/α-hetero) is 1. The van der Waals surface area contributed by atoms with Gasteiger partial charge in [0.05, 0.1) is 12.0 Å². The van der Waals surface area contributed by atoms with Crippen LogP contribution in [0.1, 0.15) is 50.8 Å². The average molecular weight is 400 g/mol. The number of aromatic amines is 1. The smallest absolute Gasteiger partial charge is 0.349 e. The highest BCUT2D eigenvalue weighted by Gasteiger charge is 2.21. The summed E-state index contributed by atoms with van der Waals surface area (Å²) in [5.74, 6) is 0.410. The first-order valence-corrected chi connectivity index (χ1v) is 9.57. The Morgan fingerprint density at radius 2 is 2.00 bits per heavy atom. The van der Waals surface area contributed by atoms with Crippen LogP contribution in [0, 0.1) is 13.8 Å². The lowest BCUT2D eigenvalue weighted by Crippen LogP contribution is -2.10. The maximum atomic E-state index is 12.6. The molecule has 1 aromatic carbocycles. The molecule has 1 N–H and O–H groups in total. The van der Waals surface area contributed by atoms with E-state index in [1.165, 1.54) is 6.92 Å². The molecule has 8 heteroatoms. The van der Waals surface area contributed by atoms with E-state index in [0.29, 0.717) is 50.0 Å². The molecule has 0 spiro atoms. The number of aryl methyl sites for hydroxylation is 2. The molecule has 28 heavy (non-hydrogen) atoms. The van der Waals surface area contributed by atoms with Crippen LogP contribution < -0.4 is 10.3 Å². The van der Waals surface area contributed by atoms with Crippen LogP contribution in [0.25, 0.3) is 10.2 Å². The van der Waals surface area contributed by atoms with Gasteiger partial charge in [0, 0.05) is 11.1 Å². The van der Waals surface area contributed by atoms with Gasteiger partial charge in [-0.05, 0) is 51.5 Å². The number of hydrogen-bond donors (Lipinski definition) is 1. The van der Waals surface area contributed by atoms with Gasteiger partial charge in [0.1, 0.15) is 27.9 Å². The van der Waals surface area contributed by atoms with Crippen molar-refractivity contribution >= 4 is 33.3 Å². The lowest BCUT2D eigenvalue weighted by Gasteiger charge is -2.12. The summed E-state index contributed by atoms with van der Waals surface area (Å²) in [7, 11) is 0. The fraction of sp³-hybridized carbons (Fsp3) is 0.300. The molecule has 0 saturated carbocycles. The first-order valence-electron chi connectivity index (χ1n) is 8.75. The highest BCUT2D eigenvalue weighted by atomic mass is 32.1. The predicted octanol–water partition coefficient (Wildman–Crippen LogP) is 3.56. The molecular formula is C20H20N2O5S. The molecule has 2 heterocycles. The Kier molecular flexibility index (Phi) is 5.60. The van der Waals surface area contributed by atoms with E-state index >= 15 is 0 Å². The van der Waals surface area contributed by atoms with E-state index in [2.05, 4.69) is 9.97 Å². The van der Waals surface area contributed by atoms with Crippen molar-refractivity contribution in [3.63, 3.8) is 0 Å². The highest BCUT2D eigenvalue weighted by Crippen LogP contribution is 2.28. The minimum atomic E-state index is -0.548. The topological polar surface area (TPSA) is 98.3 Å². The lowest BCUT2D eigenvalue weighted by molar-refractivity contribution is 0.0475. The number of ether oxygens (including phenoxy) is 2. The summed E-state index contributed by atoms with van der Waals surface area (Å²) in [6.07, 6.45) is 0. The monoisotopic (exact) mass is 400 g/mol. The Morgan fingerprint density at radius 1 is 1.25 bits per heavy atom. The molecule has 3 aromatic rings. The maximum Gasteiger partial charge on any atom is 0.349 e. The summed E-state index contributed by atoms with van der Waals surface area (Å²) in [4.78, 5) is 44.2. The van der Waals surface area contributed by atoms with Gasteiger partial charge < -0.3 is 14.5 Å². The molecule has 146 valence electrons. The lowest BCUT2D eigenvalue weighted by atomic mass is 10.1. The van der Waals surface area contributed by atoms with Crippen LogP contribution in [0.5, 0.6) is 5.75 Å². The SMILES string of the molecule is CCOc1ccc(C(C)=O)cc1COC(=O)c1sc2nc(C)[nH]c(=O)c2c1C. The minimum absolute atomic E-state index is 0.0498. The molecule has 2 aromatic heterocycles. The van der Waals surface area contributed by atoms with Gasteiger partial charge in [0.2, 0.25) is 0 Å². The van der Waals surface area contributed by atoms with E-state index in [4.69, 9.17) is 9.47 Å². The van der Waals surface area contributed by atoms with E-state index < -0.39 is 5.97 Å². The fourth-order valence-electron chi connectivity index (χ4n) is 2.86. The number of thiophene rings is 1. The molecule has 0 amide bonds. The van der Waals surface area contributed by atoms with E-state index in [-0.39, 0.29) is 17.9 Å².